The molecule has 2 aliphatic rings. The van der Waals surface area contributed by atoms with Crippen molar-refractivity contribution in [3.05, 3.63) is 59.7 Å². The Labute approximate surface area is 169 Å². The van der Waals surface area contributed by atoms with Crippen LogP contribution in [0.4, 0.5) is 10.1 Å². The van der Waals surface area contributed by atoms with Gasteiger partial charge in [0, 0.05) is 25.0 Å². The lowest BCUT2D eigenvalue weighted by molar-refractivity contribution is -0.140. The van der Waals surface area contributed by atoms with Crippen LogP contribution in [0.15, 0.2) is 42.6 Å². The van der Waals surface area contributed by atoms with Crippen molar-refractivity contribution < 1.29 is 18.7 Å². The van der Waals surface area contributed by atoms with Gasteiger partial charge in [0.25, 0.3) is 11.8 Å². The first-order chi connectivity index (χ1) is 14.0. The van der Waals surface area contributed by atoms with E-state index in [9.17, 15) is 14.0 Å². The second-order valence-corrected chi connectivity index (χ2v) is 7.74. The molecule has 1 spiro atoms. The van der Waals surface area contributed by atoms with Crippen LogP contribution in [0.3, 0.4) is 0 Å². The predicted octanol–water partition coefficient (Wildman–Crippen LogP) is 2.96. The summed E-state index contributed by atoms with van der Waals surface area (Å²) in [5.41, 5.74) is 1.51. The second-order valence-electron chi connectivity index (χ2n) is 7.74. The Hall–Kier alpha value is -2.80. The summed E-state index contributed by atoms with van der Waals surface area (Å²) in [4.78, 5) is 33.1. The average molecular weight is 397 g/mol. The van der Waals surface area contributed by atoms with Crippen LogP contribution in [-0.4, -0.2) is 53.5 Å². The molecule has 1 atom stereocenters. The number of benzene rings is 1. The van der Waals surface area contributed by atoms with Crippen molar-refractivity contribution in [1.29, 1.82) is 0 Å². The number of amides is 2. The first-order valence-corrected chi connectivity index (χ1v) is 9.88. The van der Waals surface area contributed by atoms with Gasteiger partial charge in [0.15, 0.2) is 0 Å². The number of rotatable bonds is 2. The number of morpholine rings is 1. The lowest BCUT2D eigenvalue weighted by atomic mass is 9.92. The van der Waals surface area contributed by atoms with Gasteiger partial charge in [-0.05, 0) is 62.1 Å². The molecule has 0 aliphatic carbocycles. The van der Waals surface area contributed by atoms with Crippen molar-refractivity contribution in [3.8, 4) is 0 Å². The first kappa shape index (κ1) is 19.5. The van der Waals surface area contributed by atoms with Crippen LogP contribution in [-0.2, 0) is 9.53 Å². The second kappa shape index (κ2) is 7.91. The van der Waals surface area contributed by atoms with E-state index in [1.165, 1.54) is 12.1 Å². The third kappa shape index (κ3) is 4.00. The minimum atomic E-state index is -0.503. The third-order valence-corrected chi connectivity index (χ3v) is 5.78. The van der Waals surface area contributed by atoms with E-state index in [4.69, 9.17) is 4.74 Å². The Morgan fingerprint density at radius 3 is 2.72 bits per heavy atom. The fraction of sp³-hybridized carbons (Fsp3) is 0.409. The van der Waals surface area contributed by atoms with Crippen LogP contribution in [0.2, 0.25) is 0 Å². The van der Waals surface area contributed by atoms with Gasteiger partial charge in [-0.15, -0.1) is 0 Å². The molecule has 29 heavy (non-hydrogen) atoms. The van der Waals surface area contributed by atoms with Gasteiger partial charge in [0.2, 0.25) is 0 Å². The minimum Gasteiger partial charge on any atom is -0.363 e. The Balaban J connectivity index is 1.49. The number of aromatic nitrogens is 1. The van der Waals surface area contributed by atoms with Gasteiger partial charge in [-0.2, -0.15) is 0 Å². The van der Waals surface area contributed by atoms with Gasteiger partial charge in [-0.25, -0.2) is 4.39 Å². The Kier molecular flexibility index (Phi) is 5.32. The number of halogens is 1. The topological polar surface area (TPSA) is 62.7 Å². The van der Waals surface area contributed by atoms with Gasteiger partial charge < -0.3 is 14.5 Å². The smallest absolute Gasteiger partial charge is 0.272 e. The number of hydrogen-bond donors (Lipinski definition) is 0. The van der Waals surface area contributed by atoms with Crippen LogP contribution < -0.4 is 4.90 Å². The third-order valence-electron chi connectivity index (χ3n) is 5.78. The van der Waals surface area contributed by atoms with Crippen LogP contribution in [0.1, 0.15) is 35.3 Å². The molecule has 2 amide bonds. The monoisotopic (exact) mass is 397 g/mol. The van der Waals surface area contributed by atoms with Gasteiger partial charge >= 0.3 is 0 Å². The SMILES string of the molecule is Cc1cccnc1C(=O)N1CCCC2(CC1)CN(c1ccc(F)cc1)C(=O)CO2. The van der Waals surface area contributed by atoms with E-state index in [1.807, 2.05) is 24.0 Å². The van der Waals surface area contributed by atoms with E-state index in [2.05, 4.69) is 4.98 Å². The zero-order chi connectivity index (χ0) is 20.4. The van der Waals surface area contributed by atoms with Gasteiger partial charge in [-0.3, -0.25) is 14.6 Å². The van der Waals surface area contributed by atoms with E-state index in [1.54, 1.807) is 23.2 Å². The summed E-state index contributed by atoms with van der Waals surface area (Å²) >= 11 is 0. The molecule has 0 radical (unpaired) electrons. The van der Waals surface area contributed by atoms with Gasteiger partial charge in [-0.1, -0.05) is 6.07 Å². The van der Waals surface area contributed by atoms with Gasteiger partial charge in [0.05, 0.1) is 12.1 Å². The van der Waals surface area contributed by atoms with Crippen molar-refractivity contribution in [1.82, 2.24) is 9.88 Å². The summed E-state index contributed by atoms with van der Waals surface area (Å²) in [7, 11) is 0. The van der Waals surface area contributed by atoms with Crippen LogP contribution in [0.5, 0.6) is 0 Å². The molecule has 7 heteroatoms. The number of likely N-dealkylation sites (tertiary alicyclic amines) is 1. The normalized spacial score (nSPS) is 22.6. The van der Waals surface area contributed by atoms with Crippen molar-refractivity contribution in [2.75, 3.05) is 31.1 Å². The standard InChI is InChI=1S/C22H24FN3O3/c1-16-4-2-11-24-20(16)21(28)25-12-3-9-22(10-13-25)15-26(19(27)14-29-22)18-7-5-17(23)6-8-18/h2,4-8,11H,3,9-10,12-15H2,1H3. The van der Waals surface area contributed by atoms with Crippen LogP contribution in [0.25, 0.3) is 0 Å². The number of aryl methyl sites for hydroxylation is 1. The zero-order valence-corrected chi connectivity index (χ0v) is 16.4. The number of carbonyl (C=O) groups is 2. The Bertz CT molecular complexity index is 918. The van der Waals surface area contributed by atoms with E-state index in [0.29, 0.717) is 37.4 Å². The summed E-state index contributed by atoms with van der Waals surface area (Å²) in [5, 5.41) is 0. The predicted molar refractivity (Wildman–Crippen MR) is 106 cm³/mol. The molecule has 4 rings (SSSR count). The lowest BCUT2D eigenvalue weighted by Crippen LogP contribution is -2.55. The quantitative estimate of drug-likeness (QED) is 0.782. The number of carbonyl (C=O) groups excluding carboxylic acids is 2. The van der Waals surface area contributed by atoms with Crippen LogP contribution in [0, 0.1) is 12.7 Å². The molecule has 2 aromatic rings. The van der Waals surface area contributed by atoms with Crippen molar-refractivity contribution in [2.24, 2.45) is 0 Å². The van der Waals surface area contributed by atoms with Crippen LogP contribution >= 0.6 is 0 Å². The fourth-order valence-electron chi connectivity index (χ4n) is 4.10. The first-order valence-electron chi connectivity index (χ1n) is 9.88. The average Bonchev–Trinajstić information content (AvgIpc) is 2.93. The summed E-state index contributed by atoms with van der Waals surface area (Å²) in [6, 6.07) is 9.64. The molecular weight excluding hydrogens is 373 g/mol. The van der Waals surface area contributed by atoms with Gasteiger partial charge in [0.1, 0.15) is 18.1 Å². The maximum absolute atomic E-state index is 13.3. The highest BCUT2D eigenvalue weighted by Crippen LogP contribution is 2.33. The summed E-state index contributed by atoms with van der Waals surface area (Å²) in [6.45, 7) is 3.45. The number of ether oxygens (including phenoxy) is 1. The highest BCUT2D eigenvalue weighted by atomic mass is 19.1. The molecule has 2 aliphatic heterocycles. The number of hydrogen-bond acceptors (Lipinski definition) is 4. The molecule has 0 bridgehead atoms. The molecule has 1 aromatic carbocycles. The van der Waals surface area contributed by atoms with E-state index < -0.39 is 5.60 Å². The molecule has 152 valence electrons. The van der Waals surface area contributed by atoms with Crippen molar-refractivity contribution in [3.63, 3.8) is 0 Å². The highest BCUT2D eigenvalue weighted by molar-refractivity contribution is 5.95. The largest absolute Gasteiger partial charge is 0.363 e. The highest BCUT2D eigenvalue weighted by Gasteiger charge is 2.42. The maximum Gasteiger partial charge on any atom is 0.272 e. The number of pyridine rings is 1. The Morgan fingerprint density at radius 2 is 1.97 bits per heavy atom. The molecular formula is C22H24FN3O3. The Morgan fingerprint density at radius 1 is 1.17 bits per heavy atom. The minimum absolute atomic E-state index is 0.00925. The molecule has 2 fully saturated rings. The number of anilines is 1. The summed E-state index contributed by atoms with van der Waals surface area (Å²) < 4.78 is 19.3. The maximum atomic E-state index is 13.3. The molecule has 3 heterocycles. The van der Waals surface area contributed by atoms with Crippen molar-refractivity contribution >= 4 is 17.5 Å². The van der Waals surface area contributed by atoms with E-state index in [-0.39, 0.29) is 24.2 Å². The molecule has 0 N–H and O–H groups in total. The fourth-order valence-corrected chi connectivity index (χ4v) is 4.10. The summed E-state index contributed by atoms with van der Waals surface area (Å²) in [5.74, 6) is -0.538. The molecule has 1 unspecified atom stereocenters. The number of nitrogens with zero attached hydrogens (tertiary/aromatic N) is 3. The molecule has 2 saturated heterocycles. The van der Waals surface area contributed by atoms with Crippen molar-refractivity contribution in [2.45, 2.75) is 31.8 Å². The van der Waals surface area contributed by atoms with E-state index in [0.717, 1.165) is 18.4 Å². The van der Waals surface area contributed by atoms with E-state index >= 15 is 0 Å². The zero-order valence-electron chi connectivity index (χ0n) is 16.4. The molecule has 6 nitrogen and oxygen atoms in total. The molecule has 1 aromatic heterocycles. The lowest BCUT2D eigenvalue weighted by Gasteiger charge is -2.42. The molecule has 0 saturated carbocycles. The summed E-state index contributed by atoms with van der Waals surface area (Å²) in [6.07, 6.45) is 3.80.